The lowest BCUT2D eigenvalue weighted by atomic mass is 10.1. The molecule has 2 rings (SSSR count). The van der Waals surface area contributed by atoms with Crippen LogP contribution in [0.4, 0.5) is 9.57 Å². The van der Waals surface area contributed by atoms with Gasteiger partial charge in [0.05, 0.1) is 11.4 Å². The summed E-state index contributed by atoms with van der Waals surface area (Å²) in [6, 6.07) is 5.28. The number of nitrogens with zero attached hydrogens (tertiary/aromatic N) is 1. The van der Waals surface area contributed by atoms with E-state index in [1.54, 1.807) is 0 Å². The Balaban J connectivity index is 2.34. The molecule has 1 N–H and O–H groups in total. The Morgan fingerprint density at radius 3 is 2.43 bits per heavy atom. The Morgan fingerprint density at radius 1 is 1.24 bits per heavy atom. The van der Waals surface area contributed by atoms with Crippen molar-refractivity contribution < 1.29 is 30.1 Å². The van der Waals surface area contributed by atoms with E-state index in [9.17, 15) is 25.5 Å². The van der Waals surface area contributed by atoms with E-state index in [1.807, 2.05) is 0 Å². The fraction of sp³-hybridized carbons (Fsp3) is 0.364. The third kappa shape index (κ3) is 3.77. The molecule has 0 spiro atoms. The van der Waals surface area contributed by atoms with Crippen LogP contribution >= 0.6 is 0 Å². The summed E-state index contributed by atoms with van der Waals surface area (Å²) >= 11 is 0. The Morgan fingerprint density at radius 2 is 1.86 bits per heavy atom. The van der Waals surface area contributed by atoms with Gasteiger partial charge in [-0.25, -0.2) is 0 Å². The number of amides is 1. The lowest BCUT2D eigenvalue weighted by Crippen LogP contribution is -2.27. The molecule has 0 bridgehead atoms. The van der Waals surface area contributed by atoms with Crippen molar-refractivity contribution in [3.63, 3.8) is 0 Å². The fourth-order valence-corrected chi connectivity index (χ4v) is 3.79. The molecule has 0 aromatic heterocycles. The van der Waals surface area contributed by atoms with Crippen molar-refractivity contribution in [2.75, 3.05) is 17.2 Å². The minimum Gasteiger partial charge on any atom is -0.311 e. The van der Waals surface area contributed by atoms with Gasteiger partial charge in [0.2, 0.25) is 5.91 Å². The summed E-state index contributed by atoms with van der Waals surface area (Å²) in [5, 5.41) is 0. The largest absolute Gasteiger partial charge is 0.311 e. The zero-order valence-electron chi connectivity index (χ0n) is 10.6. The maximum Gasteiger partial charge on any atom is 0.302 e. The highest BCUT2D eigenvalue weighted by Crippen LogP contribution is 2.31. The van der Waals surface area contributed by atoms with E-state index < -0.39 is 42.8 Å². The number of halogens is 1. The van der Waals surface area contributed by atoms with Gasteiger partial charge < -0.3 is 4.90 Å². The minimum atomic E-state index is -4.72. The number of carbonyl (C=O) groups excluding carboxylic acids is 1. The first kappa shape index (κ1) is 15.9. The smallest absolute Gasteiger partial charge is 0.302 e. The lowest BCUT2D eigenvalue weighted by molar-refractivity contribution is -0.117. The number of hydrogen-bond acceptors (Lipinski definition) is 5. The molecule has 1 unspecified atom stereocenters. The average Bonchev–Trinajstić information content (AvgIpc) is 2.66. The van der Waals surface area contributed by atoms with Crippen LogP contribution in [-0.2, 0) is 25.1 Å². The minimum absolute atomic E-state index is 0.0521. The SMILES string of the molecule is O=C1CC(CS(=O)(=O)F)CN1c1ccccc1S(=O)(=O)O. The molecule has 1 saturated heterocycles. The van der Waals surface area contributed by atoms with Gasteiger partial charge in [-0.1, -0.05) is 12.1 Å². The molecule has 1 aromatic carbocycles. The summed E-state index contributed by atoms with van der Waals surface area (Å²) in [6.45, 7) is -0.130. The molecule has 10 heteroatoms. The van der Waals surface area contributed by atoms with E-state index >= 15 is 0 Å². The number of rotatable bonds is 4. The topological polar surface area (TPSA) is 109 Å². The van der Waals surface area contributed by atoms with Crippen LogP contribution in [0.5, 0.6) is 0 Å². The highest BCUT2D eigenvalue weighted by atomic mass is 32.3. The second kappa shape index (κ2) is 5.35. The summed E-state index contributed by atoms with van der Waals surface area (Å²) in [6.07, 6.45) is -0.205. The highest BCUT2D eigenvalue weighted by molar-refractivity contribution is 7.86. The standard InChI is InChI=1S/C11H12FNO6S2/c12-20(15,16)7-8-5-11(14)13(6-8)9-3-1-2-4-10(9)21(17,18)19/h1-4,8H,5-7H2,(H,17,18,19). The van der Waals surface area contributed by atoms with Gasteiger partial charge in [0, 0.05) is 18.9 Å². The molecule has 1 aliphatic heterocycles. The van der Waals surface area contributed by atoms with E-state index in [1.165, 1.54) is 18.2 Å². The van der Waals surface area contributed by atoms with E-state index in [0.29, 0.717) is 0 Å². The van der Waals surface area contributed by atoms with Gasteiger partial charge in [0.25, 0.3) is 10.1 Å². The van der Waals surface area contributed by atoms with Gasteiger partial charge in [0.15, 0.2) is 0 Å². The van der Waals surface area contributed by atoms with Crippen molar-refractivity contribution in [3.8, 4) is 0 Å². The van der Waals surface area contributed by atoms with Gasteiger partial charge in [-0.2, -0.15) is 16.8 Å². The number of hydrogen-bond donors (Lipinski definition) is 1. The number of anilines is 1. The van der Waals surface area contributed by atoms with Crippen molar-refractivity contribution in [1.82, 2.24) is 0 Å². The number of para-hydroxylation sites is 1. The third-order valence-corrected chi connectivity index (χ3v) is 4.84. The number of benzene rings is 1. The second-order valence-corrected chi connectivity index (χ2v) is 7.52. The van der Waals surface area contributed by atoms with Gasteiger partial charge in [-0.15, -0.1) is 3.89 Å². The average molecular weight is 337 g/mol. The van der Waals surface area contributed by atoms with Gasteiger partial charge in [-0.3, -0.25) is 9.35 Å². The summed E-state index contributed by atoms with van der Waals surface area (Å²) in [5.74, 6) is -2.09. The molecule has 0 saturated carbocycles. The molecule has 1 aromatic rings. The van der Waals surface area contributed by atoms with E-state index in [0.717, 1.165) is 11.0 Å². The number of carbonyl (C=O) groups is 1. The van der Waals surface area contributed by atoms with Crippen molar-refractivity contribution >= 4 is 31.9 Å². The van der Waals surface area contributed by atoms with Crippen LogP contribution in [0.15, 0.2) is 29.2 Å². The van der Waals surface area contributed by atoms with Crippen molar-refractivity contribution in [1.29, 1.82) is 0 Å². The van der Waals surface area contributed by atoms with E-state index in [-0.39, 0.29) is 18.7 Å². The zero-order valence-corrected chi connectivity index (χ0v) is 12.3. The molecule has 0 radical (unpaired) electrons. The first-order chi connectivity index (χ1) is 9.58. The molecule has 1 fully saturated rings. The summed E-state index contributed by atoms with van der Waals surface area (Å²) in [5.41, 5.74) is -0.0521. The van der Waals surface area contributed by atoms with Crippen molar-refractivity contribution in [2.45, 2.75) is 11.3 Å². The molecule has 1 heterocycles. The maximum atomic E-state index is 12.7. The molecule has 116 valence electrons. The van der Waals surface area contributed by atoms with Crippen LogP contribution in [-0.4, -0.2) is 39.6 Å². The molecule has 0 aliphatic carbocycles. The lowest BCUT2D eigenvalue weighted by Gasteiger charge is -2.18. The van der Waals surface area contributed by atoms with Crippen LogP contribution in [0, 0.1) is 5.92 Å². The van der Waals surface area contributed by atoms with Crippen LogP contribution < -0.4 is 4.90 Å². The van der Waals surface area contributed by atoms with Crippen LogP contribution in [0.3, 0.4) is 0 Å². The Bertz CT molecular complexity index is 774. The normalized spacial score (nSPS) is 20.0. The maximum absolute atomic E-state index is 12.7. The van der Waals surface area contributed by atoms with Crippen LogP contribution in [0.2, 0.25) is 0 Å². The third-order valence-electron chi connectivity index (χ3n) is 3.07. The van der Waals surface area contributed by atoms with Crippen molar-refractivity contribution in [2.24, 2.45) is 5.92 Å². The molecule has 1 amide bonds. The first-order valence-corrected chi connectivity index (χ1v) is 8.86. The quantitative estimate of drug-likeness (QED) is 0.636. The van der Waals surface area contributed by atoms with Gasteiger partial charge >= 0.3 is 10.2 Å². The Kier molecular flexibility index (Phi) is 4.04. The van der Waals surface area contributed by atoms with Crippen molar-refractivity contribution in [3.05, 3.63) is 24.3 Å². The van der Waals surface area contributed by atoms with Crippen LogP contribution in [0.25, 0.3) is 0 Å². The van der Waals surface area contributed by atoms with Gasteiger partial charge in [0.1, 0.15) is 4.90 Å². The molecular formula is C11H12FNO6S2. The first-order valence-electron chi connectivity index (χ1n) is 5.87. The summed E-state index contributed by atoms with van der Waals surface area (Å²) < 4.78 is 65.7. The van der Waals surface area contributed by atoms with E-state index in [4.69, 9.17) is 4.55 Å². The fourth-order valence-electron chi connectivity index (χ4n) is 2.31. The molecule has 7 nitrogen and oxygen atoms in total. The predicted molar refractivity (Wildman–Crippen MR) is 71.6 cm³/mol. The monoisotopic (exact) mass is 337 g/mol. The Hall–Kier alpha value is -1.52. The Labute approximate surface area is 121 Å². The van der Waals surface area contributed by atoms with Gasteiger partial charge in [-0.05, 0) is 12.1 Å². The molecule has 1 atom stereocenters. The van der Waals surface area contributed by atoms with E-state index in [2.05, 4.69) is 0 Å². The van der Waals surface area contributed by atoms with Crippen LogP contribution in [0.1, 0.15) is 6.42 Å². The predicted octanol–water partition coefficient (Wildman–Crippen LogP) is 0.586. The molecular weight excluding hydrogens is 325 g/mol. The summed E-state index contributed by atoms with van der Waals surface area (Å²) in [4.78, 5) is 12.5. The molecule has 21 heavy (non-hydrogen) atoms. The molecule has 1 aliphatic rings. The summed E-state index contributed by atoms with van der Waals surface area (Å²) in [7, 11) is -9.25. The highest BCUT2D eigenvalue weighted by Gasteiger charge is 2.35. The zero-order chi connectivity index (χ0) is 15.8. The second-order valence-electron chi connectivity index (χ2n) is 4.72.